The SMILES string of the molecule is N#Cc1ccc(C(O)CCC(NC(N)=O)c2ccc(C(=O)Nc3ccccc3N)nc2)cc1. The van der Waals surface area contributed by atoms with Gasteiger partial charge in [0.1, 0.15) is 5.69 Å². The number of anilines is 2. The van der Waals surface area contributed by atoms with E-state index in [2.05, 4.69) is 15.6 Å². The van der Waals surface area contributed by atoms with Crippen LogP contribution in [0.1, 0.15) is 52.2 Å². The van der Waals surface area contributed by atoms with Gasteiger partial charge in [-0.25, -0.2) is 4.79 Å². The second-order valence-electron chi connectivity index (χ2n) is 7.41. The van der Waals surface area contributed by atoms with Gasteiger partial charge < -0.3 is 27.2 Å². The third-order valence-electron chi connectivity index (χ3n) is 5.10. The monoisotopic (exact) mass is 444 g/mol. The van der Waals surface area contributed by atoms with Gasteiger partial charge in [0.2, 0.25) is 0 Å². The predicted octanol–water partition coefficient (Wildman–Crippen LogP) is 3.01. The number of hydrogen-bond acceptors (Lipinski definition) is 6. The van der Waals surface area contributed by atoms with Crippen LogP contribution in [0, 0.1) is 11.3 Å². The van der Waals surface area contributed by atoms with Crippen molar-refractivity contribution in [1.82, 2.24) is 10.3 Å². The van der Waals surface area contributed by atoms with Gasteiger partial charge in [-0.05, 0) is 54.3 Å². The first-order chi connectivity index (χ1) is 15.9. The first-order valence-electron chi connectivity index (χ1n) is 10.2. The van der Waals surface area contributed by atoms with E-state index >= 15 is 0 Å². The molecule has 0 spiro atoms. The molecular formula is C24H24N6O3. The number of pyridine rings is 1. The standard InChI is InChI=1S/C24H24N6O3/c25-13-15-5-7-16(8-6-15)22(31)12-11-19(30-24(27)33)17-9-10-21(28-14-17)23(32)29-20-4-2-1-3-18(20)26/h1-10,14,19,22,31H,11-12,26H2,(H,29,32)(H3,27,30,33). The Hall–Kier alpha value is -4.42. The number of nitrogens with zero attached hydrogens (tertiary/aromatic N) is 2. The topological polar surface area (TPSA) is 167 Å². The summed E-state index contributed by atoms with van der Waals surface area (Å²) in [5.74, 6) is -0.421. The number of hydrogen-bond donors (Lipinski definition) is 5. The van der Waals surface area contributed by atoms with Gasteiger partial charge in [0.15, 0.2) is 0 Å². The number of rotatable bonds is 8. The van der Waals surface area contributed by atoms with Crippen LogP contribution in [-0.2, 0) is 0 Å². The lowest BCUT2D eigenvalue weighted by Gasteiger charge is -2.20. The number of amides is 3. The Kier molecular flexibility index (Phi) is 7.57. The van der Waals surface area contributed by atoms with E-state index in [0.717, 1.165) is 0 Å². The van der Waals surface area contributed by atoms with E-state index in [1.165, 1.54) is 12.3 Å². The van der Waals surface area contributed by atoms with Crippen LogP contribution in [0.4, 0.5) is 16.2 Å². The minimum atomic E-state index is -0.788. The van der Waals surface area contributed by atoms with Crippen molar-refractivity contribution in [2.45, 2.75) is 25.0 Å². The van der Waals surface area contributed by atoms with Crippen LogP contribution in [0.3, 0.4) is 0 Å². The Morgan fingerprint density at radius 1 is 1.03 bits per heavy atom. The van der Waals surface area contributed by atoms with Crippen LogP contribution >= 0.6 is 0 Å². The van der Waals surface area contributed by atoms with Crippen molar-refractivity contribution in [2.24, 2.45) is 5.73 Å². The maximum atomic E-state index is 12.5. The third kappa shape index (κ3) is 6.29. The van der Waals surface area contributed by atoms with Crippen molar-refractivity contribution in [3.05, 3.63) is 89.2 Å². The molecule has 3 aromatic rings. The second-order valence-corrected chi connectivity index (χ2v) is 7.41. The molecule has 0 saturated heterocycles. The first kappa shape index (κ1) is 23.2. The average Bonchev–Trinajstić information content (AvgIpc) is 2.83. The number of carbonyl (C=O) groups is 2. The van der Waals surface area contributed by atoms with E-state index in [0.29, 0.717) is 40.9 Å². The number of carbonyl (C=O) groups excluding carboxylic acids is 2. The van der Waals surface area contributed by atoms with Gasteiger partial charge in [-0.15, -0.1) is 0 Å². The molecule has 3 rings (SSSR count). The molecule has 0 aliphatic carbocycles. The van der Waals surface area contributed by atoms with Crippen LogP contribution in [0.5, 0.6) is 0 Å². The summed E-state index contributed by atoms with van der Waals surface area (Å²) in [6.45, 7) is 0. The molecule has 9 heteroatoms. The molecular weight excluding hydrogens is 420 g/mol. The van der Waals surface area contributed by atoms with Crippen molar-refractivity contribution in [3.8, 4) is 6.07 Å². The number of primary amides is 1. The van der Waals surface area contributed by atoms with E-state index in [4.69, 9.17) is 16.7 Å². The van der Waals surface area contributed by atoms with Gasteiger partial charge in [-0.1, -0.05) is 30.3 Å². The summed E-state index contributed by atoms with van der Waals surface area (Å²) in [5, 5.41) is 24.7. The molecule has 0 aliphatic heterocycles. The molecule has 2 aromatic carbocycles. The van der Waals surface area contributed by atoms with E-state index in [-0.39, 0.29) is 5.69 Å². The number of nitriles is 1. The van der Waals surface area contributed by atoms with Crippen LogP contribution in [0.25, 0.3) is 0 Å². The molecule has 0 aliphatic rings. The summed E-state index contributed by atoms with van der Waals surface area (Å²) in [7, 11) is 0. The summed E-state index contributed by atoms with van der Waals surface area (Å²) >= 11 is 0. The molecule has 1 heterocycles. The lowest BCUT2D eigenvalue weighted by atomic mass is 9.97. The molecule has 0 bridgehead atoms. The zero-order valence-corrected chi connectivity index (χ0v) is 17.7. The first-order valence-corrected chi connectivity index (χ1v) is 10.2. The van der Waals surface area contributed by atoms with Crippen LogP contribution in [-0.4, -0.2) is 22.0 Å². The summed E-state index contributed by atoms with van der Waals surface area (Å²) in [6.07, 6.45) is 1.40. The fourth-order valence-corrected chi connectivity index (χ4v) is 3.31. The molecule has 0 saturated carbocycles. The number of nitrogens with one attached hydrogen (secondary N) is 2. The lowest BCUT2D eigenvalue weighted by Crippen LogP contribution is -2.33. The van der Waals surface area contributed by atoms with Crippen LogP contribution in [0.15, 0.2) is 66.9 Å². The van der Waals surface area contributed by atoms with Crippen molar-refractivity contribution in [3.63, 3.8) is 0 Å². The number of nitrogen functional groups attached to an aromatic ring is 1. The number of aromatic nitrogens is 1. The van der Waals surface area contributed by atoms with Crippen LogP contribution < -0.4 is 22.1 Å². The molecule has 0 fully saturated rings. The Balaban J connectivity index is 1.67. The van der Waals surface area contributed by atoms with Crippen molar-refractivity contribution < 1.29 is 14.7 Å². The Labute approximate surface area is 191 Å². The predicted molar refractivity (Wildman–Crippen MR) is 124 cm³/mol. The smallest absolute Gasteiger partial charge is 0.312 e. The highest BCUT2D eigenvalue weighted by molar-refractivity contribution is 6.04. The molecule has 9 nitrogen and oxygen atoms in total. The number of benzene rings is 2. The average molecular weight is 444 g/mol. The van der Waals surface area contributed by atoms with Crippen molar-refractivity contribution in [2.75, 3.05) is 11.1 Å². The Bertz CT molecular complexity index is 1160. The number of aliphatic hydroxyl groups excluding tert-OH is 1. The largest absolute Gasteiger partial charge is 0.397 e. The number of nitrogens with two attached hydrogens (primary N) is 2. The quantitative estimate of drug-likeness (QED) is 0.335. The van der Waals surface area contributed by atoms with Crippen molar-refractivity contribution >= 4 is 23.3 Å². The summed E-state index contributed by atoms with van der Waals surface area (Å²) in [5.41, 5.74) is 14.1. The van der Waals surface area contributed by atoms with E-state index < -0.39 is 24.1 Å². The molecule has 2 atom stereocenters. The van der Waals surface area contributed by atoms with E-state index in [1.807, 2.05) is 6.07 Å². The van der Waals surface area contributed by atoms with Crippen molar-refractivity contribution in [1.29, 1.82) is 5.26 Å². The normalized spacial score (nSPS) is 12.2. The Morgan fingerprint density at radius 2 is 1.73 bits per heavy atom. The lowest BCUT2D eigenvalue weighted by molar-refractivity contribution is 0.102. The fourth-order valence-electron chi connectivity index (χ4n) is 3.31. The minimum Gasteiger partial charge on any atom is -0.397 e. The number of para-hydroxylation sites is 2. The molecule has 168 valence electrons. The van der Waals surface area contributed by atoms with Gasteiger partial charge >= 0.3 is 6.03 Å². The molecule has 33 heavy (non-hydrogen) atoms. The molecule has 0 radical (unpaired) electrons. The highest BCUT2D eigenvalue weighted by Crippen LogP contribution is 2.25. The summed E-state index contributed by atoms with van der Waals surface area (Å²) in [6, 6.07) is 17.6. The summed E-state index contributed by atoms with van der Waals surface area (Å²) < 4.78 is 0. The van der Waals surface area contributed by atoms with Gasteiger partial charge in [0.05, 0.1) is 35.2 Å². The highest BCUT2D eigenvalue weighted by Gasteiger charge is 2.18. The van der Waals surface area contributed by atoms with Gasteiger partial charge in [-0.3, -0.25) is 9.78 Å². The van der Waals surface area contributed by atoms with Gasteiger partial charge in [0.25, 0.3) is 5.91 Å². The maximum absolute atomic E-state index is 12.5. The van der Waals surface area contributed by atoms with Gasteiger partial charge in [-0.2, -0.15) is 5.26 Å². The highest BCUT2D eigenvalue weighted by atomic mass is 16.3. The Morgan fingerprint density at radius 3 is 2.33 bits per heavy atom. The minimum absolute atomic E-state index is 0.178. The maximum Gasteiger partial charge on any atom is 0.312 e. The van der Waals surface area contributed by atoms with Gasteiger partial charge in [0, 0.05) is 6.20 Å². The number of aliphatic hydroxyl groups is 1. The third-order valence-corrected chi connectivity index (χ3v) is 5.10. The summed E-state index contributed by atoms with van der Waals surface area (Å²) in [4.78, 5) is 28.2. The number of urea groups is 1. The molecule has 3 amide bonds. The molecule has 2 unspecified atom stereocenters. The fraction of sp³-hybridized carbons (Fsp3) is 0.167. The second kappa shape index (κ2) is 10.7. The van der Waals surface area contributed by atoms with E-state index in [9.17, 15) is 14.7 Å². The van der Waals surface area contributed by atoms with E-state index in [1.54, 1.807) is 54.6 Å². The zero-order chi connectivity index (χ0) is 23.8. The van der Waals surface area contributed by atoms with Crippen LogP contribution in [0.2, 0.25) is 0 Å². The molecule has 1 aromatic heterocycles. The zero-order valence-electron chi connectivity index (χ0n) is 17.7. The molecule has 7 N–H and O–H groups in total.